The Labute approximate surface area is 135 Å². The number of amides is 1. The van der Waals surface area contributed by atoms with Gasteiger partial charge >= 0.3 is 0 Å². The number of alkyl halides is 2. The lowest BCUT2D eigenvalue weighted by atomic mass is 10.2. The summed E-state index contributed by atoms with van der Waals surface area (Å²) in [6.07, 6.45) is 3.50. The molecule has 2 heterocycles. The van der Waals surface area contributed by atoms with Gasteiger partial charge in [0, 0.05) is 34.8 Å². The van der Waals surface area contributed by atoms with Crippen molar-refractivity contribution in [3.05, 3.63) is 59.9 Å². The number of carbonyl (C=O) groups excluding carboxylic acids is 1. The van der Waals surface area contributed by atoms with Crippen LogP contribution in [0.4, 0.5) is 8.78 Å². The second-order valence-corrected chi connectivity index (χ2v) is 5.91. The lowest BCUT2D eigenvalue weighted by Gasteiger charge is -2.06. The molecule has 0 saturated carbocycles. The van der Waals surface area contributed by atoms with Gasteiger partial charge in [-0.25, -0.2) is 4.98 Å². The smallest absolute Gasteiger partial charge is 0.288 e. The maximum Gasteiger partial charge on any atom is 0.288 e. The van der Waals surface area contributed by atoms with Crippen LogP contribution in [0.2, 0.25) is 0 Å². The number of nitrogens with one attached hydrogen (secondary N) is 2. The summed E-state index contributed by atoms with van der Waals surface area (Å²) in [5.41, 5.74) is 2.11. The van der Waals surface area contributed by atoms with Crippen molar-refractivity contribution in [1.82, 2.24) is 15.3 Å². The van der Waals surface area contributed by atoms with Crippen LogP contribution in [0.5, 0.6) is 0 Å². The SMILES string of the molecule is O=C(NCc1cnc2[nH]ccc2c1)c1ccc(SC(F)F)cc1. The van der Waals surface area contributed by atoms with Gasteiger partial charge in [0.2, 0.25) is 0 Å². The van der Waals surface area contributed by atoms with Crippen molar-refractivity contribution in [1.29, 1.82) is 0 Å². The molecule has 118 valence electrons. The number of hydrogen-bond acceptors (Lipinski definition) is 3. The number of hydrogen-bond donors (Lipinski definition) is 2. The quantitative estimate of drug-likeness (QED) is 0.698. The third-order valence-corrected chi connectivity index (χ3v) is 3.97. The maximum atomic E-state index is 12.3. The zero-order valence-corrected chi connectivity index (χ0v) is 12.7. The van der Waals surface area contributed by atoms with Crippen molar-refractivity contribution >= 4 is 28.7 Å². The number of pyridine rings is 1. The Morgan fingerprint density at radius 1 is 1.26 bits per heavy atom. The molecule has 0 spiro atoms. The van der Waals surface area contributed by atoms with Gasteiger partial charge in [-0.05, 0) is 42.0 Å². The number of rotatable bonds is 5. The van der Waals surface area contributed by atoms with Gasteiger partial charge in [-0.1, -0.05) is 11.8 Å². The molecular weight excluding hydrogens is 320 g/mol. The minimum absolute atomic E-state index is 0.257. The Hall–Kier alpha value is -2.41. The first-order valence-corrected chi connectivity index (χ1v) is 7.75. The number of aromatic nitrogens is 2. The molecule has 0 bridgehead atoms. The Bertz CT molecular complexity index is 818. The van der Waals surface area contributed by atoms with E-state index in [4.69, 9.17) is 0 Å². The predicted octanol–water partition coefficient (Wildman–Crippen LogP) is 3.81. The van der Waals surface area contributed by atoms with Crippen molar-refractivity contribution in [3.8, 4) is 0 Å². The molecule has 3 rings (SSSR count). The van der Waals surface area contributed by atoms with Crippen LogP contribution < -0.4 is 5.32 Å². The van der Waals surface area contributed by atoms with E-state index in [2.05, 4.69) is 15.3 Å². The normalized spacial score (nSPS) is 11.1. The Morgan fingerprint density at radius 3 is 2.78 bits per heavy atom. The van der Waals surface area contributed by atoms with E-state index in [0.29, 0.717) is 28.8 Å². The molecule has 0 saturated heterocycles. The Kier molecular flexibility index (Phi) is 4.57. The van der Waals surface area contributed by atoms with Crippen LogP contribution in [0.25, 0.3) is 11.0 Å². The summed E-state index contributed by atoms with van der Waals surface area (Å²) in [5, 5.41) is 3.77. The van der Waals surface area contributed by atoms with E-state index in [1.807, 2.05) is 12.1 Å². The highest BCUT2D eigenvalue weighted by molar-refractivity contribution is 7.99. The summed E-state index contributed by atoms with van der Waals surface area (Å²) in [4.78, 5) is 19.8. The minimum atomic E-state index is -2.47. The number of benzene rings is 1. The third-order valence-electron chi connectivity index (χ3n) is 3.25. The summed E-state index contributed by atoms with van der Waals surface area (Å²) in [6.45, 7) is 0.348. The van der Waals surface area contributed by atoms with Gasteiger partial charge in [0.05, 0.1) is 0 Å². The number of nitrogens with zero attached hydrogens (tertiary/aromatic N) is 1. The van der Waals surface area contributed by atoms with Crippen LogP contribution in [0.1, 0.15) is 15.9 Å². The van der Waals surface area contributed by atoms with Gasteiger partial charge in [0.15, 0.2) is 0 Å². The summed E-state index contributed by atoms with van der Waals surface area (Å²) in [6, 6.07) is 9.95. The molecule has 0 unspecified atom stereocenters. The first-order valence-electron chi connectivity index (χ1n) is 6.87. The van der Waals surface area contributed by atoms with Crippen molar-refractivity contribution in [2.24, 2.45) is 0 Å². The van der Waals surface area contributed by atoms with E-state index < -0.39 is 5.76 Å². The lowest BCUT2D eigenvalue weighted by Crippen LogP contribution is -2.22. The number of fused-ring (bicyclic) bond motifs is 1. The van der Waals surface area contributed by atoms with Crippen LogP contribution >= 0.6 is 11.8 Å². The molecule has 0 atom stereocenters. The fraction of sp³-hybridized carbons (Fsp3) is 0.125. The number of H-pyrrole nitrogens is 1. The molecule has 0 fully saturated rings. The average molecular weight is 333 g/mol. The number of aromatic amines is 1. The van der Waals surface area contributed by atoms with Gasteiger partial charge < -0.3 is 10.3 Å². The highest BCUT2D eigenvalue weighted by Gasteiger charge is 2.08. The van der Waals surface area contributed by atoms with E-state index in [1.54, 1.807) is 12.4 Å². The van der Waals surface area contributed by atoms with Crippen molar-refractivity contribution in [3.63, 3.8) is 0 Å². The van der Waals surface area contributed by atoms with Gasteiger partial charge in [0.25, 0.3) is 11.7 Å². The van der Waals surface area contributed by atoms with Crippen LogP contribution in [0.3, 0.4) is 0 Å². The second kappa shape index (κ2) is 6.78. The molecule has 2 aromatic heterocycles. The van der Waals surface area contributed by atoms with Gasteiger partial charge in [0.1, 0.15) is 5.65 Å². The molecule has 7 heteroatoms. The summed E-state index contributed by atoms with van der Waals surface area (Å²) >= 11 is 0.455. The maximum absolute atomic E-state index is 12.3. The van der Waals surface area contributed by atoms with Gasteiger partial charge in [-0.2, -0.15) is 8.78 Å². The highest BCUT2D eigenvalue weighted by atomic mass is 32.2. The van der Waals surface area contributed by atoms with Crippen molar-refractivity contribution in [2.45, 2.75) is 17.2 Å². The van der Waals surface area contributed by atoms with E-state index in [0.717, 1.165) is 16.6 Å². The number of halogens is 2. The zero-order valence-electron chi connectivity index (χ0n) is 11.9. The molecule has 0 aliphatic heterocycles. The van der Waals surface area contributed by atoms with E-state index in [1.165, 1.54) is 24.3 Å². The molecule has 0 aliphatic rings. The molecular formula is C16H13F2N3OS. The van der Waals surface area contributed by atoms with Crippen molar-refractivity contribution < 1.29 is 13.6 Å². The van der Waals surface area contributed by atoms with Crippen LogP contribution in [0, 0.1) is 0 Å². The van der Waals surface area contributed by atoms with Crippen LogP contribution in [0.15, 0.2) is 53.7 Å². The van der Waals surface area contributed by atoms with Crippen molar-refractivity contribution in [2.75, 3.05) is 0 Å². The van der Waals surface area contributed by atoms with Gasteiger partial charge in [-0.15, -0.1) is 0 Å². The molecule has 2 N–H and O–H groups in total. The van der Waals surface area contributed by atoms with Gasteiger partial charge in [-0.3, -0.25) is 4.79 Å². The Morgan fingerprint density at radius 2 is 2.04 bits per heavy atom. The Balaban J connectivity index is 1.62. The monoisotopic (exact) mass is 333 g/mol. The fourth-order valence-electron chi connectivity index (χ4n) is 2.15. The largest absolute Gasteiger partial charge is 0.348 e. The van der Waals surface area contributed by atoms with E-state index >= 15 is 0 Å². The standard InChI is InChI=1S/C16H13F2N3OS/c17-16(18)23-13-3-1-11(2-4-13)15(22)21-9-10-7-12-5-6-19-14(12)20-8-10/h1-8,16H,9H2,(H,19,20)(H,21,22). The average Bonchev–Trinajstić information content (AvgIpc) is 3.00. The molecule has 0 radical (unpaired) electrons. The molecule has 0 aliphatic carbocycles. The second-order valence-electron chi connectivity index (χ2n) is 4.84. The van der Waals surface area contributed by atoms with E-state index in [-0.39, 0.29) is 5.91 Å². The third kappa shape index (κ3) is 3.87. The molecule has 4 nitrogen and oxygen atoms in total. The van der Waals surface area contributed by atoms with E-state index in [9.17, 15) is 13.6 Å². The number of carbonyl (C=O) groups is 1. The fourth-order valence-corrected chi connectivity index (χ4v) is 2.65. The van der Waals surface area contributed by atoms with Crippen LogP contribution in [-0.4, -0.2) is 21.6 Å². The predicted molar refractivity (Wildman–Crippen MR) is 85.6 cm³/mol. The summed E-state index contributed by atoms with van der Waals surface area (Å²) in [5.74, 6) is -2.72. The first-order chi connectivity index (χ1) is 11.1. The zero-order chi connectivity index (χ0) is 16.2. The molecule has 3 aromatic rings. The first kappa shape index (κ1) is 15.5. The molecule has 1 amide bonds. The summed E-state index contributed by atoms with van der Waals surface area (Å²) in [7, 11) is 0. The topological polar surface area (TPSA) is 57.8 Å². The molecule has 1 aromatic carbocycles. The highest BCUT2D eigenvalue weighted by Crippen LogP contribution is 2.25. The lowest BCUT2D eigenvalue weighted by molar-refractivity contribution is 0.0951. The number of thioether (sulfide) groups is 1. The minimum Gasteiger partial charge on any atom is -0.348 e. The van der Waals surface area contributed by atoms with Crippen LogP contribution in [-0.2, 0) is 6.54 Å². The summed E-state index contributed by atoms with van der Waals surface area (Å²) < 4.78 is 24.5. The molecule has 23 heavy (non-hydrogen) atoms.